The second-order valence-corrected chi connectivity index (χ2v) is 5.74. The Morgan fingerprint density at radius 3 is 2.71 bits per heavy atom. The highest BCUT2D eigenvalue weighted by atomic mass is 16.5. The average Bonchev–Trinajstić information content (AvgIpc) is 2.45. The fourth-order valence-electron chi connectivity index (χ4n) is 2.79. The molecule has 0 heterocycles. The standard InChI is InChI=1S/C18H29NO2/c1-3-19-17(14-20-13-12-15-8-7-9-15)16-10-5-6-11-18(16)21-4-2/h5-6,10-11,15,17,19H,3-4,7-9,12-14H2,1-2H3. The van der Waals surface area contributed by atoms with Gasteiger partial charge in [-0.05, 0) is 31.9 Å². The van der Waals surface area contributed by atoms with Crippen LogP contribution < -0.4 is 10.1 Å². The fraction of sp³-hybridized carbons (Fsp3) is 0.667. The topological polar surface area (TPSA) is 30.5 Å². The van der Waals surface area contributed by atoms with E-state index in [1.165, 1.54) is 31.2 Å². The predicted molar refractivity (Wildman–Crippen MR) is 86.8 cm³/mol. The Kier molecular flexibility index (Phi) is 7.04. The molecule has 1 N–H and O–H groups in total. The quantitative estimate of drug-likeness (QED) is 0.662. The zero-order valence-electron chi connectivity index (χ0n) is 13.4. The number of hydrogen-bond donors (Lipinski definition) is 1. The Hall–Kier alpha value is -1.06. The van der Waals surface area contributed by atoms with Gasteiger partial charge in [0.2, 0.25) is 0 Å². The number of benzene rings is 1. The van der Waals surface area contributed by atoms with E-state index in [0.29, 0.717) is 13.2 Å². The molecule has 1 aliphatic carbocycles. The van der Waals surface area contributed by atoms with E-state index >= 15 is 0 Å². The Morgan fingerprint density at radius 2 is 2.05 bits per heavy atom. The molecule has 1 aliphatic rings. The molecular weight excluding hydrogens is 262 g/mol. The van der Waals surface area contributed by atoms with Crippen molar-refractivity contribution in [3.63, 3.8) is 0 Å². The normalized spacial score (nSPS) is 16.5. The van der Waals surface area contributed by atoms with Crippen molar-refractivity contribution in [1.82, 2.24) is 5.32 Å². The molecule has 0 amide bonds. The van der Waals surface area contributed by atoms with Gasteiger partial charge in [-0.1, -0.05) is 44.4 Å². The minimum atomic E-state index is 0.208. The predicted octanol–water partition coefficient (Wildman–Crippen LogP) is 3.94. The molecule has 2 rings (SSSR count). The molecule has 1 aromatic rings. The van der Waals surface area contributed by atoms with Crippen LogP contribution in [0.5, 0.6) is 5.75 Å². The highest BCUT2D eigenvalue weighted by molar-refractivity contribution is 5.36. The summed E-state index contributed by atoms with van der Waals surface area (Å²) in [4.78, 5) is 0. The maximum atomic E-state index is 5.92. The van der Waals surface area contributed by atoms with Crippen molar-refractivity contribution in [2.24, 2.45) is 5.92 Å². The number of nitrogens with one attached hydrogen (secondary N) is 1. The molecule has 3 heteroatoms. The van der Waals surface area contributed by atoms with Crippen LogP contribution in [0.15, 0.2) is 24.3 Å². The molecule has 21 heavy (non-hydrogen) atoms. The lowest BCUT2D eigenvalue weighted by atomic mass is 9.83. The molecule has 0 saturated heterocycles. The maximum Gasteiger partial charge on any atom is 0.124 e. The molecule has 1 unspecified atom stereocenters. The van der Waals surface area contributed by atoms with Crippen LogP contribution in [-0.2, 0) is 4.74 Å². The van der Waals surface area contributed by atoms with Crippen LogP contribution >= 0.6 is 0 Å². The van der Waals surface area contributed by atoms with E-state index in [0.717, 1.165) is 24.8 Å². The van der Waals surface area contributed by atoms with Crippen LogP contribution in [0, 0.1) is 5.92 Å². The molecule has 1 fully saturated rings. The molecule has 118 valence electrons. The van der Waals surface area contributed by atoms with Gasteiger partial charge in [0.25, 0.3) is 0 Å². The molecule has 1 aromatic carbocycles. The Labute approximate surface area is 129 Å². The van der Waals surface area contributed by atoms with Crippen molar-refractivity contribution < 1.29 is 9.47 Å². The second kappa shape index (κ2) is 9.06. The van der Waals surface area contributed by atoms with Crippen molar-refractivity contribution in [3.8, 4) is 5.75 Å². The fourth-order valence-corrected chi connectivity index (χ4v) is 2.79. The minimum Gasteiger partial charge on any atom is -0.494 e. The largest absolute Gasteiger partial charge is 0.494 e. The van der Waals surface area contributed by atoms with Crippen molar-refractivity contribution in [3.05, 3.63) is 29.8 Å². The number of likely N-dealkylation sites (N-methyl/N-ethyl adjacent to an activating group) is 1. The number of para-hydroxylation sites is 1. The van der Waals surface area contributed by atoms with Crippen LogP contribution in [0.2, 0.25) is 0 Å². The highest BCUT2D eigenvalue weighted by Crippen LogP contribution is 2.29. The molecule has 0 radical (unpaired) electrons. The lowest BCUT2D eigenvalue weighted by molar-refractivity contribution is 0.0884. The van der Waals surface area contributed by atoms with Gasteiger partial charge in [-0.15, -0.1) is 0 Å². The first-order valence-corrected chi connectivity index (χ1v) is 8.38. The van der Waals surface area contributed by atoms with Gasteiger partial charge in [0, 0.05) is 12.2 Å². The summed E-state index contributed by atoms with van der Waals surface area (Å²) in [5.41, 5.74) is 1.20. The second-order valence-electron chi connectivity index (χ2n) is 5.74. The first kappa shape index (κ1) is 16.3. The SMILES string of the molecule is CCNC(COCCC1CCC1)c1ccccc1OCC. The van der Waals surface area contributed by atoms with Crippen LogP contribution in [0.4, 0.5) is 0 Å². The van der Waals surface area contributed by atoms with E-state index in [9.17, 15) is 0 Å². The summed E-state index contributed by atoms with van der Waals surface area (Å²) in [5.74, 6) is 1.88. The van der Waals surface area contributed by atoms with Gasteiger partial charge >= 0.3 is 0 Å². The minimum absolute atomic E-state index is 0.208. The summed E-state index contributed by atoms with van der Waals surface area (Å²) in [6, 6.07) is 8.47. The van der Waals surface area contributed by atoms with Crippen LogP contribution in [0.1, 0.15) is 51.1 Å². The van der Waals surface area contributed by atoms with Gasteiger partial charge < -0.3 is 14.8 Å². The lowest BCUT2D eigenvalue weighted by Crippen LogP contribution is -2.26. The van der Waals surface area contributed by atoms with Gasteiger partial charge in [-0.2, -0.15) is 0 Å². The van der Waals surface area contributed by atoms with Gasteiger partial charge in [0.05, 0.1) is 19.3 Å². The molecule has 0 aliphatic heterocycles. The summed E-state index contributed by atoms with van der Waals surface area (Å²) >= 11 is 0. The van der Waals surface area contributed by atoms with Crippen molar-refractivity contribution in [2.75, 3.05) is 26.4 Å². The van der Waals surface area contributed by atoms with Crippen LogP contribution in [-0.4, -0.2) is 26.4 Å². The first-order chi connectivity index (χ1) is 10.3. The number of hydrogen-bond acceptors (Lipinski definition) is 3. The summed E-state index contributed by atoms with van der Waals surface area (Å²) in [6.07, 6.45) is 5.42. The van der Waals surface area contributed by atoms with E-state index in [-0.39, 0.29) is 6.04 Å². The van der Waals surface area contributed by atoms with Crippen LogP contribution in [0.25, 0.3) is 0 Å². The molecule has 0 aromatic heterocycles. The summed E-state index contributed by atoms with van der Waals surface area (Å²) in [5, 5.41) is 3.51. The van der Waals surface area contributed by atoms with E-state index in [2.05, 4.69) is 24.4 Å². The Morgan fingerprint density at radius 1 is 1.24 bits per heavy atom. The maximum absolute atomic E-state index is 5.92. The van der Waals surface area contributed by atoms with Gasteiger partial charge in [0.15, 0.2) is 0 Å². The lowest BCUT2D eigenvalue weighted by Gasteiger charge is -2.26. The van der Waals surface area contributed by atoms with E-state index in [1.807, 2.05) is 19.1 Å². The smallest absolute Gasteiger partial charge is 0.124 e. The Balaban J connectivity index is 1.87. The number of rotatable bonds is 10. The van der Waals surface area contributed by atoms with Crippen molar-refractivity contribution in [2.45, 2.75) is 45.6 Å². The molecule has 1 atom stereocenters. The van der Waals surface area contributed by atoms with Gasteiger partial charge in [-0.25, -0.2) is 0 Å². The molecular formula is C18H29NO2. The molecule has 3 nitrogen and oxygen atoms in total. The summed E-state index contributed by atoms with van der Waals surface area (Å²) in [7, 11) is 0. The summed E-state index contributed by atoms with van der Waals surface area (Å²) in [6.45, 7) is 7.36. The zero-order valence-corrected chi connectivity index (χ0v) is 13.4. The average molecular weight is 291 g/mol. The van der Waals surface area contributed by atoms with E-state index in [4.69, 9.17) is 9.47 Å². The zero-order chi connectivity index (χ0) is 14.9. The van der Waals surface area contributed by atoms with Crippen molar-refractivity contribution in [1.29, 1.82) is 0 Å². The van der Waals surface area contributed by atoms with Crippen molar-refractivity contribution >= 4 is 0 Å². The third-order valence-corrected chi connectivity index (χ3v) is 4.22. The third kappa shape index (κ3) is 5.01. The van der Waals surface area contributed by atoms with Gasteiger partial charge in [0.1, 0.15) is 5.75 Å². The first-order valence-electron chi connectivity index (χ1n) is 8.38. The van der Waals surface area contributed by atoms with E-state index in [1.54, 1.807) is 0 Å². The molecule has 0 bridgehead atoms. The summed E-state index contributed by atoms with van der Waals surface area (Å²) < 4.78 is 11.7. The number of ether oxygens (including phenoxy) is 2. The monoisotopic (exact) mass is 291 g/mol. The van der Waals surface area contributed by atoms with E-state index < -0.39 is 0 Å². The molecule has 1 saturated carbocycles. The van der Waals surface area contributed by atoms with Crippen LogP contribution in [0.3, 0.4) is 0 Å². The van der Waals surface area contributed by atoms with Gasteiger partial charge in [-0.3, -0.25) is 0 Å². The molecule has 0 spiro atoms. The highest BCUT2D eigenvalue weighted by Gasteiger charge is 2.18. The Bertz CT molecular complexity index is 404. The third-order valence-electron chi connectivity index (χ3n) is 4.22.